The highest BCUT2D eigenvalue weighted by Gasteiger charge is 2.19. The summed E-state index contributed by atoms with van der Waals surface area (Å²) in [7, 11) is 0. The average Bonchev–Trinajstić information content (AvgIpc) is 2.85. The molecule has 1 aromatic carbocycles. The molecule has 0 atom stereocenters. The first-order valence-corrected chi connectivity index (χ1v) is 6.56. The third-order valence-corrected chi connectivity index (χ3v) is 3.49. The Kier molecular flexibility index (Phi) is 3.17. The van der Waals surface area contributed by atoms with Crippen LogP contribution >= 0.6 is 11.6 Å². The zero-order valence-corrected chi connectivity index (χ0v) is 11.1. The van der Waals surface area contributed by atoms with Gasteiger partial charge in [-0.05, 0) is 30.3 Å². The highest BCUT2D eigenvalue weighted by Crippen LogP contribution is 2.17. The molecule has 0 saturated heterocycles. The summed E-state index contributed by atoms with van der Waals surface area (Å²) in [6, 6.07) is 11.1. The van der Waals surface area contributed by atoms with Crippen molar-refractivity contribution < 1.29 is 4.79 Å². The van der Waals surface area contributed by atoms with Gasteiger partial charge in [-0.15, -0.1) is 0 Å². The number of fused-ring (bicyclic) bond motifs is 1. The third-order valence-electron chi connectivity index (χ3n) is 3.25. The summed E-state index contributed by atoms with van der Waals surface area (Å²) in [5, 5.41) is 3.48. The van der Waals surface area contributed by atoms with E-state index >= 15 is 0 Å². The van der Waals surface area contributed by atoms with E-state index in [9.17, 15) is 4.79 Å². The highest BCUT2D eigenvalue weighted by molar-refractivity contribution is 6.30. The fraction of sp³-hybridized carbons (Fsp3) is 0.214. The van der Waals surface area contributed by atoms with E-state index in [2.05, 4.69) is 9.88 Å². The first-order chi connectivity index (χ1) is 9.22. The van der Waals surface area contributed by atoms with Crippen LogP contribution in [0.3, 0.4) is 0 Å². The minimum atomic E-state index is -0.0882. The Hall–Kier alpha value is -1.94. The quantitative estimate of drug-likeness (QED) is 0.853. The first kappa shape index (κ1) is 12.1. The minimum absolute atomic E-state index is 0.0882. The van der Waals surface area contributed by atoms with Gasteiger partial charge in [0.2, 0.25) is 0 Å². The fourth-order valence-corrected chi connectivity index (χ4v) is 2.45. The standard InChI is InChI=1S/C14H14ClN3O/c15-11-3-1-4-12(9-11)16-14(19)18-8-7-17-6-2-5-13(17)10-18/h1-6,9H,7-8,10H2,(H,16,19). The van der Waals surface area contributed by atoms with Gasteiger partial charge in [-0.3, -0.25) is 0 Å². The van der Waals surface area contributed by atoms with Gasteiger partial charge in [0.25, 0.3) is 0 Å². The summed E-state index contributed by atoms with van der Waals surface area (Å²) in [6.45, 7) is 2.19. The molecule has 0 radical (unpaired) electrons. The lowest BCUT2D eigenvalue weighted by Gasteiger charge is -2.28. The van der Waals surface area contributed by atoms with Crippen LogP contribution in [0.5, 0.6) is 0 Å². The topological polar surface area (TPSA) is 37.3 Å². The molecule has 1 aliphatic rings. The molecule has 1 aliphatic heterocycles. The first-order valence-electron chi connectivity index (χ1n) is 6.18. The van der Waals surface area contributed by atoms with E-state index in [1.165, 1.54) is 0 Å². The Balaban J connectivity index is 1.69. The molecule has 2 heterocycles. The van der Waals surface area contributed by atoms with Crippen LogP contribution in [0.25, 0.3) is 0 Å². The van der Waals surface area contributed by atoms with E-state index in [1.807, 2.05) is 30.5 Å². The lowest BCUT2D eigenvalue weighted by molar-refractivity contribution is 0.197. The number of hydrogen-bond donors (Lipinski definition) is 1. The monoisotopic (exact) mass is 275 g/mol. The number of halogens is 1. The Bertz CT molecular complexity index is 608. The fourth-order valence-electron chi connectivity index (χ4n) is 2.26. The summed E-state index contributed by atoms with van der Waals surface area (Å²) in [4.78, 5) is 14.0. The van der Waals surface area contributed by atoms with Gasteiger partial charge < -0.3 is 14.8 Å². The van der Waals surface area contributed by atoms with Crippen LogP contribution in [0, 0.1) is 0 Å². The second kappa shape index (κ2) is 4.97. The summed E-state index contributed by atoms with van der Waals surface area (Å²) < 4.78 is 2.17. The number of urea groups is 1. The van der Waals surface area contributed by atoms with Crippen LogP contribution in [0.2, 0.25) is 5.02 Å². The van der Waals surface area contributed by atoms with Gasteiger partial charge >= 0.3 is 6.03 Å². The SMILES string of the molecule is O=C(Nc1cccc(Cl)c1)N1CCn2cccc2C1. The zero-order chi connectivity index (χ0) is 13.2. The molecule has 0 bridgehead atoms. The number of nitrogens with one attached hydrogen (secondary N) is 1. The molecule has 1 N–H and O–H groups in total. The van der Waals surface area contributed by atoms with Crippen LogP contribution in [-0.4, -0.2) is 22.0 Å². The maximum Gasteiger partial charge on any atom is 0.322 e. The van der Waals surface area contributed by atoms with Crippen LogP contribution in [0.15, 0.2) is 42.6 Å². The van der Waals surface area contributed by atoms with Crippen molar-refractivity contribution in [2.45, 2.75) is 13.1 Å². The molecular weight excluding hydrogens is 262 g/mol. The Labute approximate surface area is 116 Å². The normalized spacial score (nSPS) is 14.1. The number of aromatic nitrogens is 1. The van der Waals surface area contributed by atoms with Crippen molar-refractivity contribution in [2.75, 3.05) is 11.9 Å². The number of amides is 2. The highest BCUT2D eigenvalue weighted by atomic mass is 35.5. The van der Waals surface area contributed by atoms with Crippen LogP contribution in [0.4, 0.5) is 10.5 Å². The van der Waals surface area contributed by atoms with E-state index < -0.39 is 0 Å². The number of carbonyl (C=O) groups is 1. The summed E-state index contributed by atoms with van der Waals surface area (Å²) >= 11 is 5.90. The van der Waals surface area contributed by atoms with Gasteiger partial charge in [-0.2, -0.15) is 0 Å². The van der Waals surface area contributed by atoms with Crippen LogP contribution in [-0.2, 0) is 13.1 Å². The number of nitrogens with zero attached hydrogens (tertiary/aromatic N) is 2. The van der Waals surface area contributed by atoms with Gasteiger partial charge in [-0.1, -0.05) is 17.7 Å². The summed E-state index contributed by atoms with van der Waals surface area (Å²) in [5.74, 6) is 0. The average molecular weight is 276 g/mol. The molecule has 0 aliphatic carbocycles. The number of rotatable bonds is 1. The van der Waals surface area contributed by atoms with Crippen molar-refractivity contribution >= 4 is 23.3 Å². The molecule has 5 heteroatoms. The largest absolute Gasteiger partial charge is 0.348 e. The Morgan fingerprint density at radius 1 is 1.21 bits per heavy atom. The van der Waals surface area contributed by atoms with Gasteiger partial charge in [-0.25, -0.2) is 4.79 Å². The predicted octanol–water partition coefficient (Wildman–Crippen LogP) is 3.19. The molecule has 98 valence electrons. The lowest BCUT2D eigenvalue weighted by Crippen LogP contribution is -2.40. The summed E-state index contributed by atoms with van der Waals surface area (Å²) in [5.41, 5.74) is 1.88. The predicted molar refractivity (Wildman–Crippen MR) is 75.3 cm³/mol. The minimum Gasteiger partial charge on any atom is -0.348 e. The smallest absolute Gasteiger partial charge is 0.322 e. The van der Waals surface area contributed by atoms with E-state index in [0.29, 0.717) is 18.1 Å². The number of benzene rings is 1. The molecular formula is C14H14ClN3O. The molecule has 0 spiro atoms. The van der Waals surface area contributed by atoms with Crippen LogP contribution in [0.1, 0.15) is 5.69 Å². The molecule has 4 nitrogen and oxygen atoms in total. The van der Waals surface area contributed by atoms with E-state index in [-0.39, 0.29) is 6.03 Å². The molecule has 1 aromatic heterocycles. The number of anilines is 1. The third kappa shape index (κ3) is 2.58. The van der Waals surface area contributed by atoms with Crippen molar-refractivity contribution in [2.24, 2.45) is 0 Å². The number of hydrogen-bond acceptors (Lipinski definition) is 1. The van der Waals surface area contributed by atoms with Crippen molar-refractivity contribution in [1.82, 2.24) is 9.47 Å². The molecule has 3 rings (SSSR count). The molecule has 0 fully saturated rings. The van der Waals surface area contributed by atoms with Crippen molar-refractivity contribution in [3.8, 4) is 0 Å². The van der Waals surface area contributed by atoms with Gasteiger partial charge in [0.1, 0.15) is 0 Å². The molecule has 2 amide bonds. The Morgan fingerprint density at radius 2 is 2.11 bits per heavy atom. The van der Waals surface area contributed by atoms with Crippen LogP contribution < -0.4 is 5.32 Å². The second-order valence-electron chi connectivity index (χ2n) is 4.55. The van der Waals surface area contributed by atoms with E-state index in [1.54, 1.807) is 17.0 Å². The maximum atomic E-state index is 12.2. The van der Waals surface area contributed by atoms with E-state index in [0.717, 1.165) is 17.9 Å². The maximum absolute atomic E-state index is 12.2. The van der Waals surface area contributed by atoms with Crippen molar-refractivity contribution in [3.05, 3.63) is 53.3 Å². The van der Waals surface area contributed by atoms with Gasteiger partial charge in [0.05, 0.1) is 6.54 Å². The van der Waals surface area contributed by atoms with Crippen molar-refractivity contribution in [3.63, 3.8) is 0 Å². The van der Waals surface area contributed by atoms with E-state index in [4.69, 9.17) is 11.6 Å². The van der Waals surface area contributed by atoms with Gasteiger partial charge in [0.15, 0.2) is 0 Å². The molecule has 2 aromatic rings. The van der Waals surface area contributed by atoms with Crippen molar-refractivity contribution in [1.29, 1.82) is 0 Å². The van der Waals surface area contributed by atoms with Gasteiger partial charge in [0, 0.05) is 35.7 Å². The molecule has 0 saturated carbocycles. The molecule has 19 heavy (non-hydrogen) atoms. The second-order valence-corrected chi connectivity index (χ2v) is 4.99. The zero-order valence-electron chi connectivity index (χ0n) is 10.3. The lowest BCUT2D eigenvalue weighted by atomic mass is 10.3. The summed E-state index contributed by atoms with van der Waals surface area (Å²) in [6.07, 6.45) is 2.04. The number of carbonyl (C=O) groups excluding carboxylic acids is 1. The Morgan fingerprint density at radius 3 is 2.95 bits per heavy atom. The molecule has 0 unspecified atom stereocenters.